The lowest BCUT2D eigenvalue weighted by Crippen LogP contribution is -2.50. The second-order valence-corrected chi connectivity index (χ2v) is 8.61. The third-order valence-corrected chi connectivity index (χ3v) is 6.97. The Bertz CT molecular complexity index is 868. The van der Waals surface area contributed by atoms with Crippen LogP contribution >= 0.6 is 0 Å². The molecule has 0 bridgehead atoms. The molecule has 1 saturated carbocycles. The molecule has 2 aromatic rings. The predicted molar refractivity (Wildman–Crippen MR) is 115 cm³/mol. The van der Waals surface area contributed by atoms with E-state index in [9.17, 15) is 4.79 Å². The van der Waals surface area contributed by atoms with Gasteiger partial charge in [0.05, 0.1) is 12.5 Å². The molecule has 3 fully saturated rings. The normalized spacial score (nSPS) is 28.8. The molecule has 4 nitrogen and oxygen atoms in total. The first kappa shape index (κ1) is 18.7. The minimum Gasteiger partial charge on any atom is -0.466 e. The number of hydrogen-bond donors (Lipinski definition) is 0. The number of rotatable bonds is 5. The standard InChI is InChI=1S/C25H30N2O2/c1-2-29-25(28)24-22(18-8-4-3-5-9-18)23(24)19-10-6-11-20(16-19)27-15-14-26-13-7-12-21(26)17-27/h3-6,8-11,16,21-24H,2,7,12-15,17H2,1H3. The minimum absolute atomic E-state index is 0.0590. The van der Waals surface area contributed by atoms with E-state index in [0.29, 0.717) is 12.6 Å². The molecule has 5 rings (SSSR count). The number of esters is 1. The number of nitrogens with zero attached hydrogens (tertiary/aromatic N) is 2. The van der Waals surface area contributed by atoms with Crippen LogP contribution in [-0.4, -0.2) is 49.7 Å². The number of hydrogen-bond acceptors (Lipinski definition) is 4. The van der Waals surface area contributed by atoms with E-state index in [-0.39, 0.29) is 23.7 Å². The van der Waals surface area contributed by atoms with Crippen molar-refractivity contribution in [3.63, 3.8) is 0 Å². The molecular formula is C25H30N2O2. The van der Waals surface area contributed by atoms with Crippen LogP contribution in [0.4, 0.5) is 5.69 Å². The molecule has 2 heterocycles. The number of ether oxygens (including phenoxy) is 1. The summed E-state index contributed by atoms with van der Waals surface area (Å²) in [5.41, 5.74) is 3.80. The first-order valence-corrected chi connectivity index (χ1v) is 11.1. The molecule has 2 saturated heterocycles. The van der Waals surface area contributed by atoms with Crippen molar-refractivity contribution in [2.45, 2.75) is 37.6 Å². The number of anilines is 1. The van der Waals surface area contributed by atoms with Crippen LogP contribution in [0.15, 0.2) is 54.6 Å². The Kier molecular flexibility index (Phi) is 5.04. The van der Waals surface area contributed by atoms with Gasteiger partial charge in [-0.3, -0.25) is 9.69 Å². The lowest BCUT2D eigenvalue weighted by Gasteiger charge is -2.39. The van der Waals surface area contributed by atoms with E-state index >= 15 is 0 Å². The lowest BCUT2D eigenvalue weighted by atomic mass is 10.0. The molecule has 0 aromatic heterocycles. The molecule has 29 heavy (non-hydrogen) atoms. The zero-order valence-electron chi connectivity index (χ0n) is 17.2. The summed E-state index contributed by atoms with van der Waals surface area (Å²) in [6.45, 7) is 6.97. The van der Waals surface area contributed by atoms with Gasteiger partial charge in [-0.15, -0.1) is 0 Å². The Morgan fingerprint density at radius 2 is 1.79 bits per heavy atom. The van der Waals surface area contributed by atoms with Crippen LogP contribution < -0.4 is 4.90 Å². The third-order valence-electron chi connectivity index (χ3n) is 6.97. The maximum Gasteiger partial charge on any atom is 0.310 e. The quantitative estimate of drug-likeness (QED) is 0.722. The van der Waals surface area contributed by atoms with Crippen molar-refractivity contribution >= 4 is 11.7 Å². The summed E-state index contributed by atoms with van der Waals surface area (Å²) in [6, 6.07) is 20.0. The average molecular weight is 391 g/mol. The smallest absolute Gasteiger partial charge is 0.310 e. The van der Waals surface area contributed by atoms with Crippen LogP contribution in [0.2, 0.25) is 0 Å². The molecule has 0 N–H and O–H groups in total. The van der Waals surface area contributed by atoms with Gasteiger partial charge in [-0.1, -0.05) is 42.5 Å². The molecule has 0 spiro atoms. The molecular weight excluding hydrogens is 360 g/mol. The Hall–Kier alpha value is -2.33. The van der Waals surface area contributed by atoms with Gasteiger partial charge in [0, 0.05) is 43.2 Å². The van der Waals surface area contributed by atoms with E-state index in [4.69, 9.17) is 4.74 Å². The molecule has 152 valence electrons. The second-order valence-electron chi connectivity index (χ2n) is 8.61. The molecule has 0 radical (unpaired) electrons. The van der Waals surface area contributed by atoms with Crippen molar-refractivity contribution in [2.24, 2.45) is 5.92 Å². The summed E-state index contributed by atoms with van der Waals surface area (Å²) in [6.07, 6.45) is 2.65. The number of carbonyl (C=O) groups excluding carboxylic acids is 1. The zero-order chi connectivity index (χ0) is 19.8. The van der Waals surface area contributed by atoms with Crippen molar-refractivity contribution in [3.8, 4) is 0 Å². The zero-order valence-corrected chi connectivity index (χ0v) is 17.2. The Morgan fingerprint density at radius 1 is 1.00 bits per heavy atom. The number of carbonyl (C=O) groups is 1. The minimum atomic E-state index is -0.0701. The van der Waals surface area contributed by atoms with Crippen molar-refractivity contribution in [1.82, 2.24) is 4.90 Å². The maximum absolute atomic E-state index is 12.6. The first-order valence-electron chi connectivity index (χ1n) is 11.1. The van der Waals surface area contributed by atoms with Gasteiger partial charge in [0.25, 0.3) is 0 Å². The van der Waals surface area contributed by atoms with Crippen molar-refractivity contribution < 1.29 is 9.53 Å². The van der Waals surface area contributed by atoms with Gasteiger partial charge in [0.15, 0.2) is 0 Å². The average Bonchev–Trinajstić information content (AvgIpc) is 3.35. The van der Waals surface area contributed by atoms with Crippen LogP contribution in [0.25, 0.3) is 0 Å². The fraction of sp³-hybridized carbons (Fsp3) is 0.480. The van der Waals surface area contributed by atoms with Crippen LogP contribution in [0.1, 0.15) is 42.7 Å². The summed E-state index contributed by atoms with van der Waals surface area (Å²) in [5, 5.41) is 0. The van der Waals surface area contributed by atoms with E-state index < -0.39 is 0 Å². The van der Waals surface area contributed by atoms with E-state index in [1.807, 2.05) is 13.0 Å². The van der Waals surface area contributed by atoms with Crippen LogP contribution in [0.5, 0.6) is 0 Å². The Labute approximate surface area is 173 Å². The molecule has 4 unspecified atom stereocenters. The maximum atomic E-state index is 12.6. The molecule has 1 aliphatic carbocycles. The van der Waals surface area contributed by atoms with E-state index in [1.54, 1.807) is 0 Å². The van der Waals surface area contributed by atoms with Gasteiger partial charge < -0.3 is 9.64 Å². The summed E-state index contributed by atoms with van der Waals surface area (Å²) < 4.78 is 5.41. The summed E-state index contributed by atoms with van der Waals surface area (Å²) in [4.78, 5) is 17.8. The fourth-order valence-corrected chi connectivity index (χ4v) is 5.50. The summed E-state index contributed by atoms with van der Waals surface area (Å²) in [5.74, 6) is 0.303. The molecule has 3 aliphatic rings. The predicted octanol–water partition coefficient (Wildman–Crippen LogP) is 4.03. The van der Waals surface area contributed by atoms with Crippen molar-refractivity contribution in [1.29, 1.82) is 0 Å². The van der Waals surface area contributed by atoms with E-state index in [2.05, 4.69) is 58.3 Å². The van der Waals surface area contributed by atoms with Gasteiger partial charge in [-0.25, -0.2) is 0 Å². The van der Waals surface area contributed by atoms with Crippen LogP contribution in [0.3, 0.4) is 0 Å². The molecule has 2 aliphatic heterocycles. The monoisotopic (exact) mass is 390 g/mol. The topological polar surface area (TPSA) is 32.8 Å². The number of benzene rings is 2. The Balaban J connectivity index is 1.39. The highest BCUT2D eigenvalue weighted by Crippen LogP contribution is 2.61. The Morgan fingerprint density at radius 3 is 2.62 bits per heavy atom. The molecule has 2 aromatic carbocycles. The summed E-state index contributed by atoms with van der Waals surface area (Å²) in [7, 11) is 0. The number of fused-ring (bicyclic) bond motifs is 1. The van der Waals surface area contributed by atoms with Gasteiger partial charge in [-0.05, 0) is 49.6 Å². The van der Waals surface area contributed by atoms with Crippen LogP contribution in [-0.2, 0) is 9.53 Å². The van der Waals surface area contributed by atoms with Gasteiger partial charge in [0.1, 0.15) is 0 Å². The summed E-state index contributed by atoms with van der Waals surface area (Å²) >= 11 is 0. The second kappa shape index (κ2) is 7.83. The first-order chi connectivity index (χ1) is 14.3. The van der Waals surface area contributed by atoms with Gasteiger partial charge >= 0.3 is 5.97 Å². The highest BCUT2D eigenvalue weighted by Gasteiger charge is 2.57. The fourth-order valence-electron chi connectivity index (χ4n) is 5.50. The third kappa shape index (κ3) is 3.55. The van der Waals surface area contributed by atoms with Crippen molar-refractivity contribution in [2.75, 3.05) is 37.7 Å². The van der Waals surface area contributed by atoms with E-state index in [1.165, 1.54) is 36.2 Å². The van der Waals surface area contributed by atoms with Crippen molar-refractivity contribution in [3.05, 3.63) is 65.7 Å². The van der Waals surface area contributed by atoms with Gasteiger partial charge in [0.2, 0.25) is 0 Å². The van der Waals surface area contributed by atoms with Gasteiger partial charge in [-0.2, -0.15) is 0 Å². The van der Waals surface area contributed by atoms with Crippen LogP contribution in [0, 0.1) is 5.92 Å². The van der Waals surface area contributed by atoms with E-state index in [0.717, 1.165) is 19.6 Å². The molecule has 4 atom stereocenters. The molecule has 4 heteroatoms. The largest absolute Gasteiger partial charge is 0.466 e. The lowest BCUT2D eigenvalue weighted by molar-refractivity contribution is -0.144. The highest BCUT2D eigenvalue weighted by molar-refractivity contribution is 5.80. The highest BCUT2D eigenvalue weighted by atomic mass is 16.5. The number of piperazine rings is 1. The molecule has 0 amide bonds. The SMILES string of the molecule is CCOC(=O)C1C(c2ccccc2)C1c1cccc(N2CCN3CCCC3C2)c1.